The van der Waals surface area contributed by atoms with Gasteiger partial charge in [0.15, 0.2) is 12.4 Å². The van der Waals surface area contributed by atoms with Gasteiger partial charge in [0, 0.05) is 6.20 Å². The Morgan fingerprint density at radius 3 is 2.70 bits per heavy atom. The van der Waals surface area contributed by atoms with Crippen LogP contribution in [0.15, 0.2) is 36.5 Å². The van der Waals surface area contributed by atoms with Crippen LogP contribution >= 0.6 is 0 Å². The molecule has 0 aliphatic carbocycles. The van der Waals surface area contributed by atoms with E-state index in [2.05, 4.69) is 5.10 Å². The Balaban J connectivity index is 2.05. The first-order chi connectivity index (χ1) is 9.36. The van der Waals surface area contributed by atoms with E-state index < -0.39 is 17.7 Å². The maximum absolute atomic E-state index is 12.5. The van der Waals surface area contributed by atoms with Gasteiger partial charge in [-0.05, 0) is 24.3 Å². The van der Waals surface area contributed by atoms with Crippen LogP contribution in [0.2, 0.25) is 0 Å². The van der Waals surface area contributed by atoms with Crippen molar-refractivity contribution in [1.82, 2.24) is 9.78 Å². The smallest absolute Gasteiger partial charge is 0.416 e. The molecule has 2 rings (SSSR count). The van der Waals surface area contributed by atoms with E-state index in [1.54, 1.807) is 0 Å². The quantitative estimate of drug-likeness (QED) is 0.938. The Bertz CT molecular complexity index is 622. The monoisotopic (exact) mass is 286 g/mol. The first-order valence-electron chi connectivity index (χ1n) is 5.43. The van der Waals surface area contributed by atoms with Crippen molar-refractivity contribution in [2.24, 2.45) is 0 Å². The average Bonchev–Trinajstić information content (AvgIpc) is 2.85. The molecule has 0 spiro atoms. The molecule has 0 saturated heterocycles. The third kappa shape index (κ3) is 3.28. The fraction of sp³-hybridized carbons (Fsp3) is 0.167. The number of benzene rings is 1. The van der Waals surface area contributed by atoms with E-state index in [1.165, 1.54) is 29.1 Å². The molecular weight excluding hydrogens is 277 g/mol. The van der Waals surface area contributed by atoms with Crippen molar-refractivity contribution in [3.05, 3.63) is 47.8 Å². The van der Waals surface area contributed by atoms with Gasteiger partial charge in [-0.15, -0.1) is 0 Å². The number of halogens is 3. The maximum Gasteiger partial charge on any atom is 0.416 e. The third-order valence-corrected chi connectivity index (χ3v) is 2.38. The molecule has 1 aromatic heterocycles. The molecule has 5 nitrogen and oxygen atoms in total. The number of alkyl halides is 3. The van der Waals surface area contributed by atoms with E-state index in [1.807, 2.05) is 0 Å². The highest BCUT2D eigenvalue weighted by Crippen LogP contribution is 2.31. The van der Waals surface area contributed by atoms with Crippen LogP contribution in [0.5, 0.6) is 5.75 Å². The van der Waals surface area contributed by atoms with Crippen LogP contribution in [0.25, 0.3) is 0 Å². The standard InChI is InChI=1S/C12H9F3N2O3/c13-12(14,15)8-2-1-3-9(6-8)20-7-17-5-4-10(16-17)11(18)19/h1-6H,7H2,(H,18,19). The summed E-state index contributed by atoms with van der Waals surface area (Å²) in [6.07, 6.45) is -3.08. The van der Waals surface area contributed by atoms with Crippen LogP contribution in [-0.4, -0.2) is 20.9 Å². The second kappa shape index (κ2) is 5.24. The molecule has 1 N–H and O–H groups in total. The van der Waals surface area contributed by atoms with E-state index in [0.717, 1.165) is 12.1 Å². The molecule has 0 fully saturated rings. The summed E-state index contributed by atoms with van der Waals surface area (Å²) in [5.74, 6) is -1.17. The van der Waals surface area contributed by atoms with Crippen LogP contribution < -0.4 is 4.74 Å². The van der Waals surface area contributed by atoms with Gasteiger partial charge in [0.1, 0.15) is 5.75 Å². The number of rotatable bonds is 4. The van der Waals surface area contributed by atoms with Gasteiger partial charge in [-0.2, -0.15) is 18.3 Å². The van der Waals surface area contributed by atoms with Gasteiger partial charge in [0.25, 0.3) is 0 Å². The van der Waals surface area contributed by atoms with Crippen molar-refractivity contribution in [2.75, 3.05) is 0 Å². The number of carboxylic acid groups (broad SMARTS) is 1. The number of ether oxygens (including phenoxy) is 1. The summed E-state index contributed by atoms with van der Waals surface area (Å²) < 4.78 is 43.8. The van der Waals surface area contributed by atoms with E-state index in [-0.39, 0.29) is 18.2 Å². The number of hydrogen-bond donors (Lipinski definition) is 1. The van der Waals surface area contributed by atoms with Gasteiger partial charge in [-0.1, -0.05) is 6.07 Å². The normalized spacial score (nSPS) is 11.3. The summed E-state index contributed by atoms with van der Waals surface area (Å²) >= 11 is 0. The third-order valence-electron chi connectivity index (χ3n) is 2.38. The molecule has 0 aliphatic heterocycles. The summed E-state index contributed by atoms with van der Waals surface area (Å²) in [6, 6.07) is 5.66. The van der Waals surface area contributed by atoms with E-state index in [9.17, 15) is 18.0 Å². The molecule has 8 heteroatoms. The van der Waals surface area contributed by atoms with E-state index in [4.69, 9.17) is 9.84 Å². The minimum atomic E-state index is -4.44. The predicted molar refractivity (Wildman–Crippen MR) is 61.3 cm³/mol. The fourth-order valence-electron chi connectivity index (χ4n) is 1.45. The molecule has 106 valence electrons. The Labute approximate surface area is 111 Å². The van der Waals surface area contributed by atoms with Gasteiger partial charge < -0.3 is 9.84 Å². The molecule has 20 heavy (non-hydrogen) atoms. The zero-order chi connectivity index (χ0) is 14.8. The molecule has 0 amide bonds. The number of aromatic carboxylic acids is 1. The first-order valence-corrected chi connectivity index (χ1v) is 5.43. The average molecular weight is 286 g/mol. The van der Waals surface area contributed by atoms with Crippen molar-refractivity contribution in [1.29, 1.82) is 0 Å². The molecule has 0 atom stereocenters. The number of nitrogens with zero attached hydrogens (tertiary/aromatic N) is 2. The second-order valence-electron chi connectivity index (χ2n) is 3.84. The van der Waals surface area contributed by atoms with Crippen LogP contribution in [0.1, 0.15) is 16.1 Å². The molecule has 2 aromatic rings. The summed E-state index contributed by atoms with van der Waals surface area (Å²) in [6.45, 7) is -0.186. The SMILES string of the molecule is O=C(O)c1ccn(COc2cccc(C(F)(F)F)c2)n1. The van der Waals surface area contributed by atoms with Crippen LogP contribution in [0.4, 0.5) is 13.2 Å². The largest absolute Gasteiger partial charge is 0.476 e. The molecule has 1 aromatic carbocycles. The molecular formula is C12H9F3N2O3. The van der Waals surface area contributed by atoms with E-state index >= 15 is 0 Å². The highest BCUT2D eigenvalue weighted by molar-refractivity contribution is 5.84. The van der Waals surface area contributed by atoms with Gasteiger partial charge in [-0.3, -0.25) is 0 Å². The summed E-state index contributed by atoms with van der Waals surface area (Å²) in [5, 5.41) is 12.3. The van der Waals surface area contributed by atoms with Crippen molar-refractivity contribution in [3.8, 4) is 5.75 Å². The lowest BCUT2D eigenvalue weighted by Crippen LogP contribution is -2.09. The van der Waals surface area contributed by atoms with Gasteiger partial charge in [-0.25, -0.2) is 9.48 Å². The number of carboxylic acids is 1. The minimum absolute atomic E-state index is 0.0206. The van der Waals surface area contributed by atoms with Crippen LogP contribution in [0.3, 0.4) is 0 Å². The highest BCUT2D eigenvalue weighted by atomic mass is 19.4. The van der Waals surface area contributed by atoms with Crippen molar-refractivity contribution >= 4 is 5.97 Å². The lowest BCUT2D eigenvalue weighted by Gasteiger charge is -2.10. The van der Waals surface area contributed by atoms with Gasteiger partial charge in [0.2, 0.25) is 0 Å². The molecule has 1 heterocycles. The molecule has 0 unspecified atom stereocenters. The van der Waals surface area contributed by atoms with Gasteiger partial charge in [0.05, 0.1) is 5.56 Å². The minimum Gasteiger partial charge on any atom is -0.476 e. The van der Waals surface area contributed by atoms with Crippen LogP contribution in [0, 0.1) is 0 Å². The van der Waals surface area contributed by atoms with Crippen molar-refractivity contribution < 1.29 is 27.8 Å². The fourth-order valence-corrected chi connectivity index (χ4v) is 1.45. The Hall–Kier alpha value is -2.51. The highest BCUT2D eigenvalue weighted by Gasteiger charge is 2.30. The lowest BCUT2D eigenvalue weighted by molar-refractivity contribution is -0.137. The first kappa shape index (κ1) is 13.9. The Morgan fingerprint density at radius 2 is 2.10 bits per heavy atom. The zero-order valence-corrected chi connectivity index (χ0v) is 9.96. The zero-order valence-electron chi connectivity index (χ0n) is 9.96. The summed E-state index contributed by atoms with van der Waals surface area (Å²) in [4.78, 5) is 10.6. The predicted octanol–water partition coefficient (Wildman–Crippen LogP) is 2.64. The maximum atomic E-state index is 12.5. The van der Waals surface area contributed by atoms with E-state index in [0.29, 0.717) is 0 Å². The van der Waals surface area contributed by atoms with Gasteiger partial charge >= 0.3 is 12.1 Å². The molecule has 0 aliphatic rings. The molecule has 0 radical (unpaired) electrons. The summed E-state index contributed by atoms with van der Waals surface area (Å²) in [5.41, 5.74) is -0.987. The van der Waals surface area contributed by atoms with Crippen molar-refractivity contribution in [2.45, 2.75) is 12.9 Å². The lowest BCUT2D eigenvalue weighted by atomic mass is 10.2. The second-order valence-corrected chi connectivity index (χ2v) is 3.84. The number of aromatic nitrogens is 2. The number of hydrogen-bond acceptors (Lipinski definition) is 3. The molecule has 0 saturated carbocycles. The Morgan fingerprint density at radius 1 is 1.35 bits per heavy atom. The molecule has 0 bridgehead atoms. The topological polar surface area (TPSA) is 64.3 Å². The van der Waals surface area contributed by atoms with Crippen LogP contribution in [-0.2, 0) is 12.9 Å². The summed E-state index contributed by atoms with van der Waals surface area (Å²) in [7, 11) is 0. The van der Waals surface area contributed by atoms with Crippen molar-refractivity contribution in [3.63, 3.8) is 0 Å². The number of carbonyl (C=O) groups is 1. The Kier molecular flexibility index (Phi) is 3.64.